The smallest absolute Gasteiger partial charge is 0.162 e. The minimum Gasteiger partial charge on any atom is -0.209 e. The molecule has 0 spiro atoms. The summed E-state index contributed by atoms with van der Waals surface area (Å²) in [5.41, 5.74) is 2.73. The van der Waals surface area contributed by atoms with E-state index in [1.165, 1.54) is 0 Å². The molecule has 128 valence electrons. The summed E-state index contributed by atoms with van der Waals surface area (Å²) in [6, 6.07) is 31.3. The maximum Gasteiger partial charge on any atom is 0.162 e. The summed E-state index contributed by atoms with van der Waals surface area (Å²) >= 11 is 2.31. The lowest BCUT2D eigenvalue weighted by atomic mass is 9.77. The topological polar surface area (TPSA) is 43.6 Å². The van der Waals surface area contributed by atoms with E-state index < -0.39 is 5.54 Å². The van der Waals surface area contributed by atoms with Crippen molar-refractivity contribution < 1.29 is 0 Å². The minimum absolute atomic E-state index is 0.631. The van der Waals surface area contributed by atoms with Gasteiger partial charge in [-0.2, -0.15) is 0 Å². The standard InChI is InChI=1S/C21H17IN4/c22-16-20-23-24-25-26(20)21(17-10-4-1-5-11-17,18-12-6-2-7-13-18)19-14-8-3-9-15-19/h1-15H,16H2. The van der Waals surface area contributed by atoms with Gasteiger partial charge in [-0.05, 0) is 27.1 Å². The molecule has 1 heterocycles. The molecule has 0 saturated carbocycles. The molecule has 3 aromatic carbocycles. The van der Waals surface area contributed by atoms with Crippen molar-refractivity contribution >= 4 is 22.6 Å². The van der Waals surface area contributed by atoms with Gasteiger partial charge < -0.3 is 0 Å². The van der Waals surface area contributed by atoms with Gasteiger partial charge in [0, 0.05) is 0 Å². The van der Waals surface area contributed by atoms with E-state index in [0.29, 0.717) is 0 Å². The molecule has 0 aliphatic carbocycles. The number of rotatable bonds is 5. The van der Waals surface area contributed by atoms with Crippen LogP contribution < -0.4 is 0 Å². The highest BCUT2D eigenvalue weighted by atomic mass is 127. The fraction of sp³-hybridized carbons (Fsp3) is 0.0952. The molecule has 5 heteroatoms. The van der Waals surface area contributed by atoms with Gasteiger partial charge in [0.15, 0.2) is 5.82 Å². The molecule has 4 nitrogen and oxygen atoms in total. The molecule has 0 radical (unpaired) electrons. The van der Waals surface area contributed by atoms with Gasteiger partial charge in [-0.15, -0.1) is 5.10 Å². The van der Waals surface area contributed by atoms with Crippen LogP contribution in [0.5, 0.6) is 0 Å². The van der Waals surface area contributed by atoms with Crippen molar-refractivity contribution in [1.29, 1.82) is 0 Å². The van der Waals surface area contributed by atoms with Crippen molar-refractivity contribution in [2.45, 2.75) is 9.97 Å². The van der Waals surface area contributed by atoms with Gasteiger partial charge in [0.05, 0.1) is 4.43 Å². The molecule has 1 aromatic heterocycles. The maximum absolute atomic E-state index is 4.44. The lowest BCUT2D eigenvalue weighted by molar-refractivity contribution is 0.436. The predicted octanol–water partition coefficient (Wildman–Crippen LogP) is 4.45. The zero-order valence-electron chi connectivity index (χ0n) is 14.0. The summed E-state index contributed by atoms with van der Waals surface area (Å²) < 4.78 is 2.68. The highest BCUT2D eigenvalue weighted by molar-refractivity contribution is 14.1. The molecule has 0 aliphatic heterocycles. The third-order valence-electron chi connectivity index (χ3n) is 4.55. The molecule has 0 amide bonds. The second-order valence-electron chi connectivity index (χ2n) is 5.95. The van der Waals surface area contributed by atoms with Gasteiger partial charge in [-0.1, -0.05) is 114 Å². The fourth-order valence-corrected chi connectivity index (χ4v) is 3.93. The van der Waals surface area contributed by atoms with E-state index in [-0.39, 0.29) is 0 Å². The van der Waals surface area contributed by atoms with Crippen LogP contribution in [0.15, 0.2) is 91.0 Å². The van der Waals surface area contributed by atoms with Gasteiger partial charge in [0.2, 0.25) is 0 Å². The Bertz CT molecular complexity index is 872. The molecular weight excluding hydrogens is 435 g/mol. The van der Waals surface area contributed by atoms with Crippen LogP contribution in [0.4, 0.5) is 0 Å². The average molecular weight is 452 g/mol. The van der Waals surface area contributed by atoms with Gasteiger partial charge >= 0.3 is 0 Å². The molecule has 0 atom stereocenters. The van der Waals surface area contributed by atoms with Crippen molar-refractivity contribution in [3.63, 3.8) is 0 Å². The summed E-state index contributed by atoms with van der Waals surface area (Å²) in [4.78, 5) is 0. The lowest BCUT2D eigenvalue weighted by Gasteiger charge is -2.36. The van der Waals surface area contributed by atoms with Crippen molar-refractivity contribution in [3.05, 3.63) is 114 Å². The third kappa shape index (κ3) is 2.72. The Morgan fingerprint density at radius 2 is 1.12 bits per heavy atom. The number of benzene rings is 3. The quantitative estimate of drug-likeness (QED) is 0.255. The normalized spacial score (nSPS) is 11.4. The van der Waals surface area contributed by atoms with Crippen LogP contribution in [0.2, 0.25) is 0 Å². The molecule has 0 saturated heterocycles. The first-order valence-electron chi connectivity index (χ1n) is 8.37. The van der Waals surface area contributed by atoms with Gasteiger partial charge in [-0.25, -0.2) is 4.68 Å². The second-order valence-corrected chi connectivity index (χ2v) is 6.71. The van der Waals surface area contributed by atoms with E-state index >= 15 is 0 Å². The van der Waals surface area contributed by atoms with Gasteiger partial charge in [0.25, 0.3) is 0 Å². The predicted molar refractivity (Wildman–Crippen MR) is 110 cm³/mol. The Balaban J connectivity index is 2.15. The summed E-state index contributed by atoms with van der Waals surface area (Å²) in [6.45, 7) is 0. The molecule has 0 bridgehead atoms. The zero-order valence-corrected chi connectivity index (χ0v) is 16.2. The number of halogens is 1. The first-order valence-corrected chi connectivity index (χ1v) is 9.90. The number of hydrogen-bond acceptors (Lipinski definition) is 3. The average Bonchev–Trinajstić information content (AvgIpc) is 3.20. The van der Waals surface area contributed by atoms with Crippen molar-refractivity contribution in [2.75, 3.05) is 0 Å². The number of aromatic nitrogens is 4. The second kappa shape index (κ2) is 7.37. The molecule has 0 unspecified atom stereocenters. The van der Waals surface area contributed by atoms with E-state index in [1.54, 1.807) is 0 Å². The first-order chi connectivity index (χ1) is 12.9. The van der Waals surface area contributed by atoms with Crippen LogP contribution in [-0.2, 0) is 9.97 Å². The van der Waals surface area contributed by atoms with Gasteiger partial charge in [0.1, 0.15) is 5.54 Å². The Morgan fingerprint density at radius 3 is 1.50 bits per heavy atom. The van der Waals surface area contributed by atoms with E-state index in [4.69, 9.17) is 0 Å². The van der Waals surface area contributed by atoms with Crippen LogP contribution >= 0.6 is 22.6 Å². The Labute approximate surface area is 166 Å². The van der Waals surface area contributed by atoms with Crippen molar-refractivity contribution in [2.24, 2.45) is 0 Å². The Kier molecular flexibility index (Phi) is 4.79. The molecule has 4 aromatic rings. The lowest BCUT2D eigenvalue weighted by Crippen LogP contribution is -2.39. The largest absolute Gasteiger partial charge is 0.209 e. The van der Waals surface area contributed by atoms with Crippen LogP contribution in [0.3, 0.4) is 0 Å². The van der Waals surface area contributed by atoms with Crippen LogP contribution in [0.25, 0.3) is 0 Å². The SMILES string of the molecule is ICc1nnnn1C(c1ccccc1)(c1ccccc1)c1ccccc1. The molecule has 0 aliphatic rings. The number of hydrogen-bond donors (Lipinski definition) is 0. The number of alkyl halides is 1. The molecule has 4 rings (SSSR count). The summed E-state index contributed by atoms with van der Waals surface area (Å²) in [7, 11) is 0. The fourth-order valence-electron chi connectivity index (χ4n) is 3.45. The van der Waals surface area contributed by atoms with Crippen LogP contribution in [0.1, 0.15) is 22.5 Å². The first kappa shape index (κ1) is 16.9. The summed E-state index contributed by atoms with van der Waals surface area (Å²) in [5.74, 6) is 0.835. The van der Waals surface area contributed by atoms with Crippen molar-refractivity contribution in [3.8, 4) is 0 Å². The highest BCUT2D eigenvalue weighted by Crippen LogP contribution is 2.40. The number of nitrogens with zero attached hydrogens (tertiary/aromatic N) is 4. The van der Waals surface area contributed by atoms with E-state index in [2.05, 4.69) is 111 Å². The minimum atomic E-state index is -0.631. The number of tetrazole rings is 1. The van der Waals surface area contributed by atoms with Crippen LogP contribution in [0, 0.1) is 0 Å². The summed E-state index contributed by atoms with van der Waals surface area (Å²) in [6.07, 6.45) is 0. The molecular formula is C21H17IN4. The Morgan fingerprint density at radius 1 is 0.692 bits per heavy atom. The molecule has 26 heavy (non-hydrogen) atoms. The van der Waals surface area contributed by atoms with Crippen molar-refractivity contribution in [1.82, 2.24) is 20.2 Å². The molecule has 0 N–H and O–H groups in total. The van der Waals surface area contributed by atoms with E-state index in [0.717, 1.165) is 26.9 Å². The maximum atomic E-state index is 4.44. The monoisotopic (exact) mass is 452 g/mol. The third-order valence-corrected chi connectivity index (χ3v) is 5.23. The van der Waals surface area contributed by atoms with E-state index in [9.17, 15) is 0 Å². The van der Waals surface area contributed by atoms with E-state index in [1.807, 2.05) is 22.9 Å². The zero-order chi connectivity index (χ0) is 17.8. The Hall–Kier alpha value is -2.54. The van der Waals surface area contributed by atoms with Gasteiger partial charge in [-0.3, -0.25) is 0 Å². The molecule has 0 fully saturated rings. The van der Waals surface area contributed by atoms with Crippen LogP contribution in [-0.4, -0.2) is 20.2 Å². The highest BCUT2D eigenvalue weighted by Gasteiger charge is 2.41. The summed E-state index contributed by atoms with van der Waals surface area (Å²) in [5, 5.41) is 12.7.